The Balaban J connectivity index is 1.70. The predicted molar refractivity (Wildman–Crippen MR) is 114 cm³/mol. The Bertz CT molecular complexity index is 1320. The molecule has 0 unspecified atom stereocenters. The van der Waals surface area contributed by atoms with Crippen LogP contribution in [-0.4, -0.2) is 50.5 Å². The van der Waals surface area contributed by atoms with Crippen LogP contribution < -0.4 is 0 Å². The molecule has 0 aliphatic carbocycles. The normalized spacial score (nSPS) is 20.5. The number of carbonyl (C=O) groups is 2. The third-order valence-corrected chi connectivity index (χ3v) is 5.20. The molecule has 32 heavy (non-hydrogen) atoms. The van der Waals surface area contributed by atoms with Crippen LogP contribution in [-0.2, 0) is 23.8 Å². The number of carbonyl (C=O) groups excluding carboxylic acids is 2. The molecule has 1 aliphatic rings. The summed E-state index contributed by atoms with van der Waals surface area (Å²) >= 11 is 0. The van der Waals surface area contributed by atoms with Crippen LogP contribution in [0.2, 0.25) is 0 Å². The van der Waals surface area contributed by atoms with Crippen LogP contribution in [0.4, 0.5) is 0 Å². The highest BCUT2D eigenvalue weighted by atomic mass is 16.6. The smallest absolute Gasteiger partial charge is 0.303 e. The van der Waals surface area contributed by atoms with E-state index in [0.717, 1.165) is 11.2 Å². The fraction of sp³-hybridized carbons (Fsp3) is 0.261. The molecule has 1 aliphatic heterocycles. The molecular weight excluding hydrogens is 412 g/mol. The van der Waals surface area contributed by atoms with Gasteiger partial charge in [0.15, 0.2) is 17.9 Å². The summed E-state index contributed by atoms with van der Waals surface area (Å²) in [4.78, 5) is 32.9. The van der Waals surface area contributed by atoms with Crippen molar-refractivity contribution in [1.29, 1.82) is 0 Å². The lowest BCUT2D eigenvalue weighted by atomic mass is 10.1. The van der Waals surface area contributed by atoms with E-state index in [4.69, 9.17) is 29.3 Å². The molecule has 0 spiro atoms. The minimum Gasteiger partial charge on any atom is -0.456 e. The van der Waals surface area contributed by atoms with Gasteiger partial charge in [-0.05, 0) is 24.3 Å². The lowest BCUT2D eigenvalue weighted by Gasteiger charge is -2.21. The van der Waals surface area contributed by atoms with Crippen LogP contribution in [0.1, 0.15) is 25.6 Å². The summed E-state index contributed by atoms with van der Waals surface area (Å²) in [5.74, 6) is -0.993. The quantitative estimate of drug-likeness (QED) is 0.453. The van der Waals surface area contributed by atoms with Gasteiger partial charge in [-0.3, -0.25) is 9.59 Å². The first kappa shape index (κ1) is 20.1. The van der Waals surface area contributed by atoms with Crippen LogP contribution >= 0.6 is 0 Å². The van der Waals surface area contributed by atoms with E-state index in [2.05, 4.69) is 0 Å². The molecule has 1 fully saturated rings. The summed E-state index contributed by atoms with van der Waals surface area (Å²) in [6, 6.07) is 17.1. The van der Waals surface area contributed by atoms with Crippen LogP contribution in [0.5, 0.6) is 0 Å². The zero-order valence-electron chi connectivity index (χ0n) is 17.5. The standard InChI is InChI=1S/C23H20N4O5/c1-13(28)31-18-12-30-22(21(18)32-14(2)29)19-20-23(25-17-11-7-6-10-16(17)24-20)27(26-19)15-8-4-3-5-9-15/h3-11,18,21-22H,12H2,1-2H3/t18-,21-,22+/m1/s1. The van der Waals surface area contributed by atoms with Crippen LogP contribution in [0, 0.1) is 0 Å². The van der Waals surface area contributed by atoms with Gasteiger partial charge in [-0.25, -0.2) is 14.6 Å². The number of hydrogen-bond acceptors (Lipinski definition) is 8. The van der Waals surface area contributed by atoms with Crippen molar-refractivity contribution in [3.05, 3.63) is 60.3 Å². The van der Waals surface area contributed by atoms with E-state index < -0.39 is 30.3 Å². The van der Waals surface area contributed by atoms with Crippen molar-refractivity contribution in [2.45, 2.75) is 32.2 Å². The second-order valence-electron chi connectivity index (χ2n) is 7.49. The van der Waals surface area contributed by atoms with E-state index in [0.29, 0.717) is 22.4 Å². The summed E-state index contributed by atoms with van der Waals surface area (Å²) < 4.78 is 18.5. The fourth-order valence-electron chi connectivity index (χ4n) is 3.91. The Morgan fingerprint density at radius 3 is 2.28 bits per heavy atom. The van der Waals surface area contributed by atoms with Crippen LogP contribution in [0.15, 0.2) is 54.6 Å². The average molecular weight is 432 g/mol. The lowest BCUT2D eigenvalue weighted by Crippen LogP contribution is -2.34. The van der Waals surface area contributed by atoms with Crippen molar-refractivity contribution in [3.8, 4) is 5.69 Å². The number of aromatic nitrogens is 4. The first-order chi connectivity index (χ1) is 15.5. The molecule has 162 valence electrons. The second-order valence-corrected chi connectivity index (χ2v) is 7.49. The van der Waals surface area contributed by atoms with E-state index in [1.807, 2.05) is 54.6 Å². The molecule has 0 saturated carbocycles. The van der Waals surface area contributed by atoms with Gasteiger partial charge in [0, 0.05) is 13.8 Å². The highest BCUT2D eigenvalue weighted by molar-refractivity contribution is 5.87. The summed E-state index contributed by atoms with van der Waals surface area (Å²) in [5, 5.41) is 4.77. The fourth-order valence-corrected chi connectivity index (χ4v) is 3.91. The molecule has 3 heterocycles. The predicted octanol–water partition coefficient (Wildman–Crippen LogP) is 2.90. The molecule has 0 amide bonds. The van der Waals surface area contributed by atoms with E-state index in [-0.39, 0.29) is 6.61 Å². The monoisotopic (exact) mass is 432 g/mol. The molecule has 4 aromatic rings. The summed E-state index contributed by atoms with van der Waals surface area (Å²) in [5.41, 5.74) is 3.76. The van der Waals surface area contributed by atoms with E-state index in [9.17, 15) is 9.59 Å². The van der Waals surface area contributed by atoms with E-state index >= 15 is 0 Å². The van der Waals surface area contributed by atoms with E-state index in [1.165, 1.54) is 13.8 Å². The molecule has 0 bridgehead atoms. The number of ether oxygens (including phenoxy) is 3. The number of esters is 2. The molecule has 2 aromatic carbocycles. The van der Waals surface area contributed by atoms with Crippen LogP contribution in [0.3, 0.4) is 0 Å². The number of hydrogen-bond donors (Lipinski definition) is 0. The maximum absolute atomic E-state index is 11.8. The van der Waals surface area contributed by atoms with Crippen molar-refractivity contribution >= 4 is 34.1 Å². The average Bonchev–Trinajstić information content (AvgIpc) is 3.33. The largest absolute Gasteiger partial charge is 0.456 e. The molecular formula is C23H20N4O5. The Kier molecular flexibility index (Phi) is 5.02. The molecule has 2 aromatic heterocycles. The first-order valence-electron chi connectivity index (χ1n) is 10.2. The maximum Gasteiger partial charge on any atom is 0.303 e. The van der Waals surface area contributed by atoms with Gasteiger partial charge in [-0.2, -0.15) is 5.10 Å². The van der Waals surface area contributed by atoms with Gasteiger partial charge in [0.05, 0.1) is 23.3 Å². The Morgan fingerprint density at radius 2 is 1.59 bits per heavy atom. The number of para-hydroxylation sites is 3. The zero-order valence-corrected chi connectivity index (χ0v) is 17.5. The number of nitrogens with zero attached hydrogens (tertiary/aromatic N) is 4. The Labute approximate surface area is 182 Å². The molecule has 9 heteroatoms. The van der Waals surface area contributed by atoms with E-state index in [1.54, 1.807) is 4.68 Å². The number of fused-ring (bicyclic) bond motifs is 2. The highest BCUT2D eigenvalue weighted by Crippen LogP contribution is 2.36. The third kappa shape index (κ3) is 3.56. The van der Waals surface area contributed by atoms with Crippen LogP contribution in [0.25, 0.3) is 27.9 Å². The zero-order chi connectivity index (χ0) is 22.2. The highest BCUT2D eigenvalue weighted by Gasteiger charge is 2.45. The first-order valence-corrected chi connectivity index (χ1v) is 10.2. The van der Waals surface area contributed by atoms with Gasteiger partial charge >= 0.3 is 11.9 Å². The summed E-state index contributed by atoms with van der Waals surface area (Å²) in [6.45, 7) is 2.67. The van der Waals surface area contributed by atoms with Crippen molar-refractivity contribution in [2.75, 3.05) is 6.61 Å². The molecule has 5 rings (SSSR count). The third-order valence-electron chi connectivity index (χ3n) is 5.20. The van der Waals surface area contributed by atoms with Gasteiger partial charge in [-0.15, -0.1) is 0 Å². The minimum atomic E-state index is -0.855. The van der Waals surface area contributed by atoms with Gasteiger partial charge < -0.3 is 14.2 Å². The summed E-state index contributed by atoms with van der Waals surface area (Å²) in [7, 11) is 0. The molecule has 0 radical (unpaired) electrons. The molecule has 1 saturated heterocycles. The van der Waals surface area contributed by atoms with Crippen molar-refractivity contribution in [3.63, 3.8) is 0 Å². The minimum absolute atomic E-state index is 0.0723. The number of rotatable bonds is 4. The van der Waals surface area contributed by atoms with Crippen molar-refractivity contribution in [2.24, 2.45) is 0 Å². The van der Waals surface area contributed by atoms with Gasteiger partial charge in [0.1, 0.15) is 17.3 Å². The molecule has 0 N–H and O–H groups in total. The van der Waals surface area contributed by atoms with Gasteiger partial charge in [0.2, 0.25) is 0 Å². The van der Waals surface area contributed by atoms with Crippen molar-refractivity contribution in [1.82, 2.24) is 19.7 Å². The van der Waals surface area contributed by atoms with Gasteiger partial charge in [-0.1, -0.05) is 30.3 Å². The maximum atomic E-state index is 11.8. The van der Waals surface area contributed by atoms with Crippen molar-refractivity contribution < 1.29 is 23.8 Å². The second kappa shape index (κ2) is 8.01. The molecule has 3 atom stereocenters. The Morgan fingerprint density at radius 1 is 0.938 bits per heavy atom. The number of benzene rings is 2. The Hall–Kier alpha value is -3.85. The lowest BCUT2D eigenvalue weighted by molar-refractivity contribution is -0.163. The van der Waals surface area contributed by atoms with Gasteiger partial charge in [0.25, 0.3) is 0 Å². The molecule has 9 nitrogen and oxygen atoms in total. The SMILES string of the molecule is CC(=O)O[C@@H]1[C@H](OC(C)=O)CO[C@H]1c1nn(-c2ccccc2)c2nc3ccccc3nc12. The summed E-state index contributed by atoms with van der Waals surface area (Å²) in [6.07, 6.45) is -2.37. The topological polar surface area (TPSA) is 105 Å².